The Morgan fingerprint density at radius 3 is 2.54 bits per heavy atom. The Kier molecular flexibility index (Phi) is 4.13. The summed E-state index contributed by atoms with van der Waals surface area (Å²) in [4.78, 5) is 16.5. The normalized spacial score (nSPS) is 12.3. The molecule has 0 atom stereocenters. The van der Waals surface area contributed by atoms with Crippen LogP contribution in [0.3, 0.4) is 0 Å². The Hall–Kier alpha value is -2.64. The van der Waals surface area contributed by atoms with Crippen LogP contribution in [-0.4, -0.2) is 29.0 Å². The summed E-state index contributed by atoms with van der Waals surface area (Å²) in [6.45, 7) is 0. The van der Waals surface area contributed by atoms with E-state index in [2.05, 4.69) is 20.9 Å². The van der Waals surface area contributed by atoms with Gasteiger partial charge >= 0.3 is 15.9 Å². The average molecular weight is 477 g/mol. The first kappa shape index (κ1) is 18.7. The highest BCUT2D eigenvalue weighted by Crippen LogP contribution is 2.32. The predicted octanol–water partition coefficient (Wildman–Crippen LogP) is 2.43. The zero-order valence-corrected chi connectivity index (χ0v) is 16.1. The topological polar surface area (TPSA) is 99.1 Å². The molecule has 0 aliphatic rings. The standard InChI is InChI=1S/C15H8BrF3N4O4S/c1-20-28(25,26)23-13-12(10(19)9(18)11-14(13)27-5-21-11)22(15(23)24)8-3-2-6(16)4-7(8)17/h2-5,20H,1H3. The van der Waals surface area contributed by atoms with E-state index in [-0.39, 0.29) is 3.97 Å². The molecule has 0 radical (unpaired) electrons. The number of nitrogens with zero attached hydrogens (tertiary/aromatic N) is 3. The monoisotopic (exact) mass is 476 g/mol. The second kappa shape index (κ2) is 6.18. The Morgan fingerprint density at radius 1 is 1.18 bits per heavy atom. The van der Waals surface area contributed by atoms with Gasteiger partial charge in [0.25, 0.3) is 0 Å². The van der Waals surface area contributed by atoms with Crippen molar-refractivity contribution in [2.75, 3.05) is 7.05 Å². The lowest BCUT2D eigenvalue weighted by atomic mass is 10.2. The lowest BCUT2D eigenvalue weighted by Crippen LogP contribution is -2.35. The molecule has 8 nitrogen and oxygen atoms in total. The Bertz CT molecular complexity index is 1440. The number of aromatic nitrogens is 3. The third-order valence-corrected chi connectivity index (χ3v) is 5.88. The number of fused-ring (bicyclic) bond motifs is 3. The number of oxazole rings is 1. The summed E-state index contributed by atoms with van der Waals surface area (Å²) in [6.07, 6.45) is 0.769. The first-order valence-electron chi connectivity index (χ1n) is 7.46. The number of imidazole rings is 1. The fourth-order valence-corrected chi connectivity index (χ4v) is 4.08. The number of nitrogens with one attached hydrogen (secondary N) is 1. The Balaban J connectivity index is 2.35. The minimum atomic E-state index is -4.54. The van der Waals surface area contributed by atoms with Gasteiger partial charge < -0.3 is 4.42 Å². The lowest BCUT2D eigenvalue weighted by Gasteiger charge is -2.06. The van der Waals surface area contributed by atoms with Crippen molar-refractivity contribution in [3.8, 4) is 5.69 Å². The molecular weight excluding hydrogens is 469 g/mol. The average Bonchev–Trinajstić information content (AvgIpc) is 3.23. The van der Waals surface area contributed by atoms with Crippen molar-refractivity contribution in [2.24, 2.45) is 0 Å². The van der Waals surface area contributed by atoms with E-state index in [0.29, 0.717) is 9.04 Å². The van der Waals surface area contributed by atoms with Gasteiger partial charge in [0, 0.05) is 11.5 Å². The molecular formula is C15H8BrF3N4O4S. The molecule has 0 bridgehead atoms. The lowest BCUT2D eigenvalue weighted by molar-refractivity contribution is 0.519. The SMILES string of the molecule is CNS(=O)(=O)n1c(=O)n(-c2ccc(Br)cc2F)c2c(F)c(F)c3ncoc3c21. The molecule has 0 unspecified atom stereocenters. The molecule has 4 rings (SSSR count). The third kappa shape index (κ3) is 2.43. The van der Waals surface area contributed by atoms with Crippen molar-refractivity contribution < 1.29 is 26.0 Å². The van der Waals surface area contributed by atoms with Gasteiger partial charge in [-0.3, -0.25) is 4.57 Å². The van der Waals surface area contributed by atoms with E-state index in [1.54, 1.807) is 0 Å². The van der Waals surface area contributed by atoms with E-state index in [1.165, 1.54) is 6.07 Å². The minimum Gasteiger partial charge on any atom is -0.441 e. The number of hydrogen-bond donors (Lipinski definition) is 1. The summed E-state index contributed by atoms with van der Waals surface area (Å²) in [7, 11) is -3.52. The molecule has 2 heterocycles. The molecule has 2 aromatic heterocycles. The molecule has 4 aromatic rings. The maximum Gasteiger partial charge on any atom is 0.349 e. The van der Waals surface area contributed by atoms with Gasteiger partial charge in [-0.15, -0.1) is 0 Å². The van der Waals surface area contributed by atoms with Crippen LogP contribution < -0.4 is 10.4 Å². The molecule has 0 saturated carbocycles. The smallest absolute Gasteiger partial charge is 0.349 e. The largest absolute Gasteiger partial charge is 0.441 e. The van der Waals surface area contributed by atoms with Gasteiger partial charge in [0.15, 0.2) is 29.1 Å². The summed E-state index contributed by atoms with van der Waals surface area (Å²) in [6, 6.07) is 3.44. The first-order valence-corrected chi connectivity index (χ1v) is 9.69. The van der Waals surface area contributed by atoms with Crippen LogP contribution in [0.15, 0.2) is 38.3 Å². The second-order valence-corrected chi connectivity index (χ2v) is 8.18. The van der Waals surface area contributed by atoms with Gasteiger partial charge in [-0.1, -0.05) is 15.9 Å². The van der Waals surface area contributed by atoms with Crippen molar-refractivity contribution in [2.45, 2.75) is 0 Å². The van der Waals surface area contributed by atoms with Crippen molar-refractivity contribution >= 4 is 48.3 Å². The maximum absolute atomic E-state index is 14.9. The van der Waals surface area contributed by atoms with E-state index in [1.807, 2.05) is 4.72 Å². The molecule has 0 aliphatic carbocycles. The van der Waals surface area contributed by atoms with E-state index >= 15 is 0 Å². The number of rotatable bonds is 3. The minimum absolute atomic E-state index is 0.167. The number of halogens is 4. The maximum atomic E-state index is 14.9. The van der Waals surface area contributed by atoms with Gasteiger partial charge in [-0.25, -0.2) is 27.7 Å². The molecule has 0 aliphatic heterocycles. The molecule has 0 spiro atoms. The Morgan fingerprint density at radius 2 is 1.89 bits per heavy atom. The van der Waals surface area contributed by atoms with E-state index in [9.17, 15) is 26.4 Å². The molecule has 28 heavy (non-hydrogen) atoms. The highest BCUT2D eigenvalue weighted by molar-refractivity contribution is 9.10. The Labute approximate surface area is 162 Å². The zero-order valence-electron chi connectivity index (χ0n) is 13.7. The second-order valence-electron chi connectivity index (χ2n) is 5.54. The van der Waals surface area contributed by atoms with Gasteiger partial charge in [-0.2, -0.15) is 12.4 Å². The van der Waals surface area contributed by atoms with Crippen LogP contribution in [0.5, 0.6) is 0 Å². The van der Waals surface area contributed by atoms with Crippen LogP contribution in [0.4, 0.5) is 13.2 Å². The van der Waals surface area contributed by atoms with Crippen LogP contribution in [0.2, 0.25) is 0 Å². The van der Waals surface area contributed by atoms with Gasteiger partial charge in [-0.05, 0) is 18.2 Å². The van der Waals surface area contributed by atoms with Crippen molar-refractivity contribution in [3.63, 3.8) is 0 Å². The predicted molar refractivity (Wildman–Crippen MR) is 96.1 cm³/mol. The summed E-state index contributed by atoms with van der Waals surface area (Å²) in [5.41, 5.74) is -4.37. The molecule has 13 heteroatoms. The van der Waals surface area contributed by atoms with Crippen LogP contribution in [-0.2, 0) is 10.2 Å². The van der Waals surface area contributed by atoms with Gasteiger partial charge in [0.2, 0.25) is 0 Å². The molecule has 2 aromatic carbocycles. The number of hydrogen-bond acceptors (Lipinski definition) is 5. The van der Waals surface area contributed by atoms with Crippen molar-refractivity contribution in [1.29, 1.82) is 0 Å². The molecule has 0 saturated heterocycles. The molecule has 0 amide bonds. The molecule has 146 valence electrons. The van der Waals surface area contributed by atoms with Crippen LogP contribution in [0.1, 0.15) is 0 Å². The van der Waals surface area contributed by atoms with Crippen LogP contribution in [0.25, 0.3) is 27.8 Å². The first-order chi connectivity index (χ1) is 13.2. The molecule has 1 N–H and O–H groups in total. The summed E-state index contributed by atoms with van der Waals surface area (Å²) < 4.78 is 76.5. The quantitative estimate of drug-likeness (QED) is 0.489. The summed E-state index contributed by atoms with van der Waals surface area (Å²) >= 11 is 3.04. The fraction of sp³-hybridized carbons (Fsp3) is 0.0667. The zero-order chi connectivity index (χ0) is 20.4. The van der Waals surface area contributed by atoms with Crippen molar-refractivity contribution in [3.05, 3.63) is 57.0 Å². The summed E-state index contributed by atoms with van der Waals surface area (Å²) in [5, 5.41) is 0. The van der Waals surface area contributed by atoms with E-state index < -0.39 is 61.2 Å². The number of benzene rings is 2. The van der Waals surface area contributed by atoms with Crippen LogP contribution >= 0.6 is 15.9 Å². The fourth-order valence-electron chi connectivity index (χ4n) is 2.86. The van der Waals surface area contributed by atoms with Crippen LogP contribution in [0, 0.1) is 17.5 Å². The third-order valence-electron chi connectivity index (χ3n) is 4.06. The van der Waals surface area contributed by atoms with E-state index in [4.69, 9.17) is 4.42 Å². The van der Waals surface area contributed by atoms with Gasteiger partial charge in [0.1, 0.15) is 16.9 Å². The highest BCUT2D eigenvalue weighted by Gasteiger charge is 2.32. The highest BCUT2D eigenvalue weighted by atomic mass is 79.9. The molecule has 0 fully saturated rings. The summed E-state index contributed by atoms with van der Waals surface area (Å²) in [5.74, 6) is -4.03. The van der Waals surface area contributed by atoms with Crippen molar-refractivity contribution in [1.82, 2.24) is 18.2 Å². The van der Waals surface area contributed by atoms with Gasteiger partial charge in [0.05, 0.1) is 5.69 Å². The van der Waals surface area contributed by atoms with E-state index in [0.717, 1.165) is 25.6 Å².